The van der Waals surface area contributed by atoms with Gasteiger partial charge in [-0.05, 0) is 68.4 Å². The van der Waals surface area contributed by atoms with Crippen LogP contribution in [0.1, 0.15) is 42.8 Å². The molecule has 0 saturated carbocycles. The Morgan fingerprint density at radius 1 is 0.875 bits per heavy atom. The van der Waals surface area contributed by atoms with Crippen LogP contribution in [0, 0.1) is 0 Å². The third-order valence-corrected chi connectivity index (χ3v) is 5.73. The minimum absolute atomic E-state index is 0.123. The summed E-state index contributed by atoms with van der Waals surface area (Å²) >= 11 is 0. The van der Waals surface area contributed by atoms with E-state index < -0.39 is 0 Å². The monoisotopic (exact) mass is 436 g/mol. The molecule has 0 spiro atoms. The van der Waals surface area contributed by atoms with E-state index in [1.807, 2.05) is 14.1 Å². The topological polar surface area (TPSA) is 45.9 Å². The summed E-state index contributed by atoms with van der Waals surface area (Å²) < 4.78 is 10.8. The Morgan fingerprint density at radius 2 is 1.62 bits per heavy atom. The smallest absolute Gasteiger partial charge is 0.305 e. The summed E-state index contributed by atoms with van der Waals surface area (Å²) in [6, 6.07) is 19.3. The van der Waals surface area contributed by atoms with Crippen molar-refractivity contribution in [2.24, 2.45) is 0 Å². The number of hydrogen-bond donors (Lipinski definition) is 0. The van der Waals surface area contributed by atoms with Gasteiger partial charge in [-0.25, -0.2) is 0 Å². The fourth-order valence-electron chi connectivity index (χ4n) is 4.07. The van der Waals surface area contributed by atoms with Crippen molar-refractivity contribution in [3.63, 3.8) is 0 Å². The van der Waals surface area contributed by atoms with Crippen LogP contribution in [0.4, 0.5) is 0 Å². The van der Waals surface area contributed by atoms with Crippen LogP contribution in [0.3, 0.4) is 0 Å². The first-order valence-electron chi connectivity index (χ1n) is 11.5. The number of nitrogens with zero attached hydrogens (tertiary/aromatic N) is 2. The largest absolute Gasteiger partial charge is 0.469 e. The van der Waals surface area contributed by atoms with Crippen molar-refractivity contribution < 1.29 is 13.9 Å². The summed E-state index contributed by atoms with van der Waals surface area (Å²) in [4.78, 5) is 15.9. The highest BCUT2D eigenvalue weighted by Crippen LogP contribution is 2.20. The van der Waals surface area contributed by atoms with Gasteiger partial charge in [-0.1, -0.05) is 48.9 Å². The van der Waals surface area contributed by atoms with Crippen LogP contribution >= 0.6 is 0 Å². The molecule has 5 heteroatoms. The van der Waals surface area contributed by atoms with E-state index in [1.54, 1.807) is 0 Å². The van der Waals surface area contributed by atoms with Crippen molar-refractivity contribution in [2.45, 2.75) is 45.2 Å². The summed E-state index contributed by atoms with van der Waals surface area (Å²) in [6.07, 6.45) is 4.44. The molecule has 3 rings (SSSR count). The fourth-order valence-corrected chi connectivity index (χ4v) is 4.07. The second-order valence-corrected chi connectivity index (χ2v) is 8.66. The molecule has 0 unspecified atom stereocenters. The predicted octanol–water partition coefficient (Wildman–Crippen LogP) is 5.27. The third-order valence-electron chi connectivity index (χ3n) is 5.73. The minimum Gasteiger partial charge on any atom is -0.469 e. The molecule has 0 bridgehead atoms. The van der Waals surface area contributed by atoms with Gasteiger partial charge in [-0.15, -0.1) is 0 Å². The van der Waals surface area contributed by atoms with Gasteiger partial charge < -0.3 is 14.1 Å². The van der Waals surface area contributed by atoms with E-state index in [0.717, 1.165) is 63.4 Å². The average Bonchev–Trinajstić information content (AvgIpc) is 3.22. The summed E-state index contributed by atoms with van der Waals surface area (Å²) in [5, 5.41) is 2.62. The predicted molar refractivity (Wildman–Crippen MR) is 130 cm³/mol. The van der Waals surface area contributed by atoms with Crippen molar-refractivity contribution in [1.29, 1.82) is 0 Å². The lowest BCUT2D eigenvalue weighted by Crippen LogP contribution is -2.27. The van der Waals surface area contributed by atoms with E-state index in [1.165, 1.54) is 23.4 Å². The van der Waals surface area contributed by atoms with E-state index in [0.29, 0.717) is 6.42 Å². The molecule has 32 heavy (non-hydrogen) atoms. The molecule has 172 valence electrons. The number of hydrogen-bond acceptors (Lipinski definition) is 5. The minimum atomic E-state index is -0.123. The number of benzene rings is 2. The fraction of sp³-hybridized carbons (Fsp3) is 0.444. The molecule has 0 amide bonds. The average molecular weight is 437 g/mol. The lowest BCUT2D eigenvalue weighted by molar-refractivity contribution is -0.140. The Hall–Kier alpha value is -2.63. The van der Waals surface area contributed by atoms with E-state index in [-0.39, 0.29) is 5.97 Å². The van der Waals surface area contributed by atoms with Gasteiger partial charge >= 0.3 is 5.97 Å². The second kappa shape index (κ2) is 12.4. The summed E-state index contributed by atoms with van der Waals surface area (Å²) in [5.41, 5.74) is 1.38. The van der Waals surface area contributed by atoms with Gasteiger partial charge in [0.05, 0.1) is 20.2 Å². The van der Waals surface area contributed by atoms with Gasteiger partial charge in [0.2, 0.25) is 0 Å². The Balaban J connectivity index is 1.61. The summed E-state index contributed by atoms with van der Waals surface area (Å²) in [5.74, 6) is 1.88. The van der Waals surface area contributed by atoms with Crippen molar-refractivity contribution >= 4 is 16.7 Å². The molecule has 0 aliphatic rings. The maximum absolute atomic E-state index is 11.3. The lowest BCUT2D eigenvalue weighted by Gasteiger charge is -2.22. The number of fused-ring (bicyclic) bond motifs is 1. The molecule has 0 aliphatic carbocycles. The number of rotatable bonds is 13. The van der Waals surface area contributed by atoms with Crippen LogP contribution in [0.15, 0.2) is 59.0 Å². The highest BCUT2D eigenvalue weighted by molar-refractivity contribution is 5.85. The van der Waals surface area contributed by atoms with E-state index >= 15 is 0 Å². The molecule has 0 aliphatic heterocycles. The standard InChI is InChI=1S/C27H36N2O3/c1-28(2)20-24-15-16-25(32-24)21-29(18-8-4-5-14-27(30)31-3)19-17-23-12-9-11-22-10-6-7-13-26(22)23/h6-7,9-13,15-16H,4-5,8,14,17-21H2,1-3H3. The molecule has 0 fully saturated rings. The molecule has 0 N–H and O–H groups in total. The van der Waals surface area contributed by atoms with Crippen LogP contribution in [0.2, 0.25) is 0 Å². The molecule has 1 heterocycles. The molecule has 0 radical (unpaired) electrons. The maximum Gasteiger partial charge on any atom is 0.305 e. The Labute approximate surface area is 192 Å². The molecule has 0 saturated heterocycles. The lowest BCUT2D eigenvalue weighted by atomic mass is 10.0. The molecule has 0 atom stereocenters. The van der Waals surface area contributed by atoms with Crippen LogP contribution < -0.4 is 0 Å². The first-order valence-corrected chi connectivity index (χ1v) is 11.5. The van der Waals surface area contributed by atoms with Crippen molar-refractivity contribution in [3.8, 4) is 0 Å². The first kappa shape index (κ1) is 24.0. The summed E-state index contributed by atoms with van der Waals surface area (Å²) in [6.45, 7) is 3.56. The van der Waals surface area contributed by atoms with Crippen LogP contribution in [0.25, 0.3) is 10.8 Å². The number of ether oxygens (including phenoxy) is 1. The van der Waals surface area contributed by atoms with Crippen molar-refractivity contribution in [2.75, 3.05) is 34.3 Å². The van der Waals surface area contributed by atoms with Crippen molar-refractivity contribution in [3.05, 3.63) is 71.7 Å². The normalized spacial score (nSPS) is 11.5. The van der Waals surface area contributed by atoms with E-state index in [4.69, 9.17) is 9.15 Å². The van der Waals surface area contributed by atoms with Crippen LogP contribution in [-0.2, 0) is 29.0 Å². The zero-order valence-corrected chi connectivity index (χ0v) is 19.7. The van der Waals surface area contributed by atoms with Crippen LogP contribution in [-0.4, -0.2) is 50.1 Å². The second-order valence-electron chi connectivity index (χ2n) is 8.66. The van der Waals surface area contributed by atoms with Gasteiger partial charge in [0, 0.05) is 13.0 Å². The molecule has 1 aromatic heterocycles. The molecular weight excluding hydrogens is 400 g/mol. The molecule has 5 nitrogen and oxygen atoms in total. The Morgan fingerprint density at radius 3 is 2.41 bits per heavy atom. The highest BCUT2D eigenvalue weighted by atomic mass is 16.5. The maximum atomic E-state index is 11.3. The number of carbonyl (C=O) groups is 1. The van der Waals surface area contributed by atoms with Crippen molar-refractivity contribution in [1.82, 2.24) is 9.80 Å². The van der Waals surface area contributed by atoms with E-state index in [2.05, 4.69) is 64.4 Å². The van der Waals surface area contributed by atoms with Crippen LogP contribution in [0.5, 0.6) is 0 Å². The molecule has 3 aromatic rings. The highest BCUT2D eigenvalue weighted by Gasteiger charge is 2.12. The van der Waals surface area contributed by atoms with Gasteiger partial charge in [0.15, 0.2) is 0 Å². The van der Waals surface area contributed by atoms with Gasteiger partial charge in [0.25, 0.3) is 0 Å². The van der Waals surface area contributed by atoms with E-state index in [9.17, 15) is 4.79 Å². The third kappa shape index (κ3) is 7.50. The first-order chi connectivity index (χ1) is 15.5. The number of esters is 1. The van der Waals surface area contributed by atoms with Gasteiger partial charge in [0.1, 0.15) is 11.5 Å². The van der Waals surface area contributed by atoms with Gasteiger partial charge in [-0.3, -0.25) is 9.69 Å². The number of unbranched alkanes of at least 4 members (excludes halogenated alkanes) is 2. The Kier molecular flexibility index (Phi) is 9.32. The SMILES string of the molecule is COC(=O)CCCCCN(CCc1cccc2ccccc12)Cc1ccc(CN(C)C)o1. The number of methoxy groups -OCH3 is 1. The molecule has 2 aromatic carbocycles. The zero-order valence-electron chi connectivity index (χ0n) is 19.7. The summed E-state index contributed by atoms with van der Waals surface area (Å²) in [7, 11) is 5.55. The zero-order chi connectivity index (χ0) is 22.8. The van der Waals surface area contributed by atoms with Gasteiger partial charge in [-0.2, -0.15) is 0 Å². The quantitative estimate of drug-likeness (QED) is 0.270. The Bertz CT molecular complexity index is 974. The number of carbonyl (C=O) groups excluding carboxylic acids is 1. The number of furan rings is 1. The molecular formula is C27H36N2O3.